The molecule has 3 aliphatic rings. The number of nitrogens with two attached hydrogens (primary N) is 1. The minimum Gasteiger partial charge on any atom is -0.494 e. The molecule has 3 unspecified atom stereocenters. The number of pyridine rings is 1. The van der Waals surface area contributed by atoms with Gasteiger partial charge in [-0.1, -0.05) is 0 Å². The molecule has 1 aliphatic heterocycles. The number of methoxy groups -OCH3 is 1. The van der Waals surface area contributed by atoms with E-state index in [9.17, 15) is 9.90 Å². The van der Waals surface area contributed by atoms with Crippen LogP contribution in [0.3, 0.4) is 0 Å². The molecule has 8 rings (SSSR count). The van der Waals surface area contributed by atoms with Gasteiger partial charge in [0.1, 0.15) is 23.5 Å². The number of carbonyl (C=O) groups excluding carboxylic acids is 1. The number of aryl methyl sites for hydroxylation is 1. The molecule has 11 heteroatoms. The molecule has 3 N–H and O–H groups in total. The highest BCUT2D eigenvalue weighted by Gasteiger charge is 2.47. The summed E-state index contributed by atoms with van der Waals surface area (Å²) in [5, 5.41) is 10.3. The van der Waals surface area contributed by atoms with Crippen molar-refractivity contribution >= 4 is 28.0 Å². The summed E-state index contributed by atoms with van der Waals surface area (Å²) in [6.45, 7) is 1.36. The quantitative estimate of drug-likeness (QED) is 0.299. The first-order valence-electron chi connectivity index (χ1n) is 15.0. The van der Waals surface area contributed by atoms with Gasteiger partial charge in [-0.3, -0.25) is 4.79 Å². The van der Waals surface area contributed by atoms with E-state index >= 15 is 0 Å². The molecule has 220 valence electrons. The number of fused-ring (bicyclic) bond motifs is 4. The number of imidazole rings is 1. The highest BCUT2D eigenvalue weighted by molar-refractivity contribution is 6.00. The number of likely N-dealkylation sites (tertiary alicyclic amines) is 1. The lowest BCUT2D eigenvalue weighted by molar-refractivity contribution is 0.0700. The minimum absolute atomic E-state index is 0.00868. The van der Waals surface area contributed by atoms with E-state index in [1.54, 1.807) is 19.5 Å². The van der Waals surface area contributed by atoms with Crippen LogP contribution in [0.4, 0.5) is 0 Å². The third kappa shape index (κ3) is 4.21. The predicted octanol–water partition coefficient (Wildman–Crippen LogP) is 3.52. The number of rotatable bonds is 7. The van der Waals surface area contributed by atoms with Gasteiger partial charge in [0.05, 0.1) is 24.0 Å². The van der Waals surface area contributed by atoms with Crippen LogP contribution in [0.25, 0.3) is 44.8 Å². The van der Waals surface area contributed by atoms with Gasteiger partial charge < -0.3 is 29.6 Å². The van der Waals surface area contributed by atoms with E-state index in [-0.39, 0.29) is 24.6 Å². The number of carbonyl (C=O) groups is 1. The molecule has 0 spiro atoms. The van der Waals surface area contributed by atoms with E-state index in [4.69, 9.17) is 20.4 Å². The Kier molecular flexibility index (Phi) is 6.02. The van der Waals surface area contributed by atoms with Crippen molar-refractivity contribution in [3.05, 3.63) is 54.1 Å². The molecule has 0 radical (unpaired) electrons. The molecule has 11 nitrogen and oxygen atoms in total. The molecule has 4 aromatic heterocycles. The van der Waals surface area contributed by atoms with Gasteiger partial charge in [0.15, 0.2) is 11.6 Å². The minimum atomic E-state index is -0.202. The Balaban J connectivity index is 1.23. The monoisotopic (exact) mass is 578 g/mol. The number of amides is 1. The van der Waals surface area contributed by atoms with Crippen LogP contribution in [0.2, 0.25) is 0 Å². The van der Waals surface area contributed by atoms with E-state index in [1.165, 1.54) is 12.8 Å². The van der Waals surface area contributed by atoms with Crippen molar-refractivity contribution in [3.63, 3.8) is 0 Å². The summed E-state index contributed by atoms with van der Waals surface area (Å²) in [5.74, 6) is 2.76. The second-order valence-corrected chi connectivity index (χ2v) is 12.2. The van der Waals surface area contributed by atoms with E-state index < -0.39 is 0 Å². The van der Waals surface area contributed by atoms with Gasteiger partial charge in [0.2, 0.25) is 0 Å². The van der Waals surface area contributed by atoms with Crippen molar-refractivity contribution in [1.29, 1.82) is 0 Å². The van der Waals surface area contributed by atoms with Gasteiger partial charge in [-0.05, 0) is 67.9 Å². The van der Waals surface area contributed by atoms with Crippen LogP contribution in [0.1, 0.15) is 41.9 Å². The molecule has 3 atom stereocenters. The lowest BCUT2D eigenvalue weighted by atomic mass is 10.1. The second kappa shape index (κ2) is 9.85. The fraction of sp³-hybridized carbons (Fsp3) is 0.406. The average Bonchev–Trinajstić information content (AvgIpc) is 3.44. The van der Waals surface area contributed by atoms with Crippen LogP contribution in [0, 0.1) is 11.8 Å². The lowest BCUT2D eigenvalue weighted by Crippen LogP contribution is -2.41. The number of ether oxygens (including phenoxy) is 1. The molecule has 1 saturated heterocycles. The summed E-state index contributed by atoms with van der Waals surface area (Å²) in [6.07, 6.45) is 7.83. The average molecular weight is 579 g/mol. The highest BCUT2D eigenvalue weighted by Crippen LogP contribution is 2.40. The maximum Gasteiger partial charge on any atom is 0.254 e. The van der Waals surface area contributed by atoms with Crippen molar-refractivity contribution in [2.45, 2.75) is 50.9 Å². The summed E-state index contributed by atoms with van der Waals surface area (Å²) in [7, 11) is 3.63. The topological polar surface area (TPSA) is 137 Å². The molecule has 2 aliphatic carbocycles. The first-order valence-corrected chi connectivity index (χ1v) is 15.0. The molecule has 5 aromatic rings. The number of aliphatic hydroxyl groups excluding tert-OH is 1. The van der Waals surface area contributed by atoms with Crippen LogP contribution in [-0.2, 0) is 20.2 Å². The fourth-order valence-corrected chi connectivity index (χ4v) is 7.05. The second-order valence-electron chi connectivity index (χ2n) is 12.2. The van der Waals surface area contributed by atoms with E-state index in [0.29, 0.717) is 41.0 Å². The van der Waals surface area contributed by atoms with Crippen molar-refractivity contribution in [2.75, 3.05) is 13.7 Å². The predicted molar refractivity (Wildman–Crippen MR) is 161 cm³/mol. The highest BCUT2D eigenvalue weighted by atomic mass is 16.5. The first kappa shape index (κ1) is 26.3. The molecule has 43 heavy (non-hydrogen) atoms. The van der Waals surface area contributed by atoms with Gasteiger partial charge in [-0.25, -0.2) is 19.9 Å². The number of hydrogen-bond acceptors (Lipinski definition) is 8. The Morgan fingerprint density at radius 1 is 1.09 bits per heavy atom. The first-order chi connectivity index (χ1) is 20.9. The molecule has 5 heterocycles. The van der Waals surface area contributed by atoms with Crippen molar-refractivity contribution in [1.82, 2.24) is 34.0 Å². The maximum atomic E-state index is 13.7. The number of aromatic nitrogens is 6. The number of benzene rings is 1. The summed E-state index contributed by atoms with van der Waals surface area (Å²) in [5.41, 5.74) is 11.9. The summed E-state index contributed by atoms with van der Waals surface area (Å²) >= 11 is 0. The zero-order valence-electron chi connectivity index (χ0n) is 24.3. The Labute approximate surface area is 248 Å². The smallest absolute Gasteiger partial charge is 0.254 e. The third-order valence-corrected chi connectivity index (χ3v) is 9.57. The summed E-state index contributed by atoms with van der Waals surface area (Å²) < 4.78 is 10.2. The van der Waals surface area contributed by atoms with Gasteiger partial charge in [0.25, 0.3) is 5.91 Å². The van der Waals surface area contributed by atoms with E-state index in [2.05, 4.69) is 31.2 Å². The maximum absolute atomic E-state index is 13.7. The van der Waals surface area contributed by atoms with Gasteiger partial charge >= 0.3 is 0 Å². The number of piperidine rings is 1. The molecule has 1 amide bonds. The Morgan fingerprint density at radius 2 is 1.91 bits per heavy atom. The number of nitrogens with zero attached hydrogens (tertiary/aromatic N) is 7. The van der Waals surface area contributed by atoms with E-state index in [1.807, 2.05) is 30.1 Å². The summed E-state index contributed by atoms with van der Waals surface area (Å²) in [4.78, 5) is 34.3. The Bertz CT molecular complexity index is 1890. The van der Waals surface area contributed by atoms with Gasteiger partial charge in [-0.15, -0.1) is 0 Å². The van der Waals surface area contributed by atoms with Crippen molar-refractivity contribution in [2.24, 2.45) is 24.6 Å². The standard InChI is InChI=1S/C32H34N8O3/c1-38-29-23(9-20(11-26(29)43-2)32(42)40-15-19-6-8-24(40)28(19)33)37-31(38)25-10-18-5-7-22(21-12-34-27(16-41)35-13-21)36-30(18)39(25)14-17-3-4-17/h5,7,9-13,17,19,24,28,41H,3-4,6,8,14-16,33H2,1-2H3. The van der Waals surface area contributed by atoms with Gasteiger partial charge in [-0.2, -0.15) is 0 Å². The largest absolute Gasteiger partial charge is 0.494 e. The molecular formula is C32H34N8O3. The van der Waals surface area contributed by atoms with E-state index in [0.717, 1.165) is 58.7 Å². The van der Waals surface area contributed by atoms with Crippen LogP contribution in [0.15, 0.2) is 42.7 Å². The molecule has 3 fully saturated rings. The van der Waals surface area contributed by atoms with Gasteiger partial charge in [0, 0.05) is 61.1 Å². The Morgan fingerprint density at radius 3 is 2.58 bits per heavy atom. The molecule has 2 bridgehead atoms. The normalized spacial score (nSPS) is 21.4. The SMILES string of the molecule is COc1cc(C(=O)N2CC3CCC2C3N)cc2nc(-c3cc4ccc(-c5cnc(CO)nc5)nc4n3CC3CC3)n(C)c12. The number of hydrogen-bond donors (Lipinski definition) is 2. The van der Waals surface area contributed by atoms with Crippen LogP contribution in [0.5, 0.6) is 5.75 Å². The third-order valence-electron chi connectivity index (χ3n) is 9.57. The molecule has 1 aromatic carbocycles. The zero-order valence-corrected chi connectivity index (χ0v) is 24.3. The lowest BCUT2D eigenvalue weighted by Gasteiger charge is -2.27. The van der Waals surface area contributed by atoms with Crippen LogP contribution >= 0.6 is 0 Å². The van der Waals surface area contributed by atoms with Crippen molar-refractivity contribution in [3.8, 4) is 28.5 Å². The van der Waals surface area contributed by atoms with Crippen LogP contribution in [-0.4, -0.2) is 70.7 Å². The fourth-order valence-electron chi connectivity index (χ4n) is 7.05. The summed E-state index contributed by atoms with van der Waals surface area (Å²) in [6, 6.07) is 10.1. The molecular weight excluding hydrogens is 544 g/mol. The Hall–Kier alpha value is -4.35. The molecule has 2 saturated carbocycles. The zero-order chi connectivity index (χ0) is 29.4. The van der Waals surface area contributed by atoms with Crippen LogP contribution < -0.4 is 10.5 Å². The van der Waals surface area contributed by atoms with Crippen molar-refractivity contribution < 1.29 is 14.6 Å². The number of aliphatic hydroxyl groups is 1.